The molecule has 1 aliphatic rings. The molecule has 9 heteroatoms. The van der Waals surface area contributed by atoms with Gasteiger partial charge in [0.25, 0.3) is 11.6 Å². The summed E-state index contributed by atoms with van der Waals surface area (Å²) in [5.41, 5.74) is 2.29. The Balaban J connectivity index is 1.74. The molecule has 2 aromatic carbocycles. The summed E-state index contributed by atoms with van der Waals surface area (Å²) in [6.45, 7) is 6.09. The van der Waals surface area contributed by atoms with Gasteiger partial charge in [-0.25, -0.2) is 8.42 Å². The van der Waals surface area contributed by atoms with Crippen LogP contribution in [-0.2, 0) is 10.0 Å². The van der Waals surface area contributed by atoms with Crippen molar-refractivity contribution in [3.63, 3.8) is 0 Å². The van der Waals surface area contributed by atoms with E-state index in [-0.39, 0.29) is 48.2 Å². The molecule has 1 saturated heterocycles. The Morgan fingerprint density at radius 3 is 2.21 bits per heavy atom. The predicted molar refractivity (Wildman–Crippen MR) is 108 cm³/mol. The molecule has 0 N–H and O–H groups in total. The van der Waals surface area contributed by atoms with E-state index in [2.05, 4.69) is 0 Å². The molecule has 0 unspecified atom stereocenters. The van der Waals surface area contributed by atoms with E-state index in [0.29, 0.717) is 11.1 Å². The molecule has 1 aliphatic heterocycles. The van der Waals surface area contributed by atoms with E-state index in [0.717, 1.165) is 5.56 Å². The van der Waals surface area contributed by atoms with E-state index >= 15 is 0 Å². The van der Waals surface area contributed by atoms with Crippen molar-refractivity contribution in [3.05, 3.63) is 68.8 Å². The summed E-state index contributed by atoms with van der Waals surface area (Å²) >= 11 is 0. The molecule has 0 bridgehead atoms. The average molecular weight is 417 g/mol. The Kier molecular flexibility index (Phi) is 5.72. The third kappa shape index (κ3) is 4.15. The molecule has 29 heavy (non-hydrogen) atoms. The summed E-state index contributed by atoms with van der Waals surface area (Å²) in [5, 5.41) is 11.1. The van der Waals surface area contributed by atoms with Gasteiger partial charge in [0.2, 0.25) is 10.0 Å². The number of amides is 1. The van der Waals surface area contributed by atoms with Crippen LogP contribution >= 0.6 is 0 Å². The SMILES string of the molecule is Cc1ccc(S(=O)(=O)N2CCN(C(=O)c3ccc(C)c([N+](=O)[O-])c3)CC2)c(C)c1. The zero-order chi connectivity index (χ0) is 21.3. The molecule has 0 saturated carbocycles. The number of nitrogens with zero attached hydrogens (tertiary/aromatic N) is 3. The van der Waals surface area contributed by atoms with Crippen LogP contribution in [0, 0.1) is 30.9 Å². The summed E-state index contributed by atoms with van der Waals surface area (Å²) in [4.78, 5) is 25.1. The van der Waals surface area contributed by atoms with Gasteiger partial charge in [0, 0.05) is 43.4 Å². The van der Waals surface area contributed by atoms with Crippen LogP contribution in [0.1, 0.15) is 27.0 Å². The Labute approximate surface area is 169 Å². The number of sulfonamides is 1. The van der Waals surface area contributed by atoms with Crippen molar-refractivity contribution >= 4 is 21.6 Å². The van der Waals surface area contributed by atoms with E-state index in [1.165, 1.54) is 15.3 Å². The molecule has 3 rings (SSSR count). The lowest BCUT2D eigenvalue weighted by atomic mass is 10.1. The molecule has 0 atom stereocenters. The number of carbonyl (C=O) groups is 1. The Hall–Kier alpha value is -2.78. The van der Waals surface area contributed by atoms with Gasteiger partial charge < -0.3 is 4.90 Å². The van der Waals surface area contributed by atoms with E-state index < -0.39 is 14.9 Å². The number of benzene rings is 2. The number of nitro groups is 1. The summed E-state index contributed by atoms with van der Waals surface area (Å²) in [5.74, 6) is -0.336. The number of nitro benzene ring substituents is 1. The predicted octanol–water partition coefficient (Wildman–Crippen LogP) is 2.67. The lowest BCUT2D eigenvalue weighted by molar-refractivity contribution is -0.385. The largest absolute Gasteiger partial charge is 0.336 e. The van der Waals surface area contributed by atoms with Crippen molar-refractivity contribution in [2.45, 2.75) is 25.7 Å². The first kappa shape index (κ1) is 20.9. The fourth-order valence-corrected chi connectivity index (χ4v) is 5.11. The number of aryl methyl sites for hydroxylation is 3. The monoisotopic (exact) mass is 417 g/mol. The molecule has 154 valence electrons. The highest BCUT2D eigenvalue weighted by atomic mass is 32.2. The molecule has 2 aromatic rings. The van der Waals surface area contributed by atoms with E-state index in [9.17, 15) is 23.3 Å². The molecular formula is C20H23N3O5S. The van der Waals surface area contributed by atoms with Gasteiger partial charge in [0.05, 0.1) is 9.82 Å². The molecule has 0 aliphatic carbocycles. The van der Waals surface area contributed by atoms with Crippen LogP contribution in [0.15, 0.2) is 41.3 Å². The van der Waals surface area contributed by atoms with Gasteiger partial charge >= 0.3 is 0 Å². The van der Waals surface area contributed by atoms with E-state index in [1.54, 1.807) is 38.1 Å². The van der Waals surface area contributed by atoms with Crippen molar-refractivity contribution in [1.29, 1.82) is 0 Å². The first-order valence-electron chi connectivity index (χ1n) is 9.23. The van der Waals surface area contributed by atoms with E-state index in [1.807, 2.05) is 13.0 Å². The average Bonchev–Trinajstić information content (AvgIpc) is 2.67. The minimum atomic E-state index is -3.64. The molecule has 0 aromatic heterocycles. The van der Waals surface area contributed by atoms with Crippen LogP contribution in [-0.4, -0.2) is 54.6 Å². The number of piperazine rings is 1. The number of rotatable bonds is 4. The Morgan fingerprint density at radius 2 is 1.62 bits per heavy atom. The van der Waals surface area contributed by atoms with Crippen molar-refractivity contribution < 1.29 is 18.1 Å². The highest BCUT2D eigenvalue weighted by Gasteiger charge is 2.31. The summed E-state index contributed by atoms with van der Waals surface area (Å²) in [7, 11) is -3.64. The van der Waals surface area contributed by atoms with Gasteiger partial charge in [-0.1, -0.05) is 23.8 Å². The Bertz CT molecular complexity index is 1070. The maximum Gasteiger partial charge on any atom is 0.273 e. The van der Waals surface area contributed by atoms with Crippen LogP contribution in [0.25, 0.3) is 0 Å². The van der Waals surface area contributed by atoms with Gasteiger partial charge in [-0.15, -0.1) is 0 Å². The second-order valence-electron chi connectivity index (χ2n) is 7.22. The fraction of sp³-hybridized carbons (Fsp3) is 0.350. The third-order valence-corrected chi connectivity index (χ3v) is 7.19. The van der Waals surface area contributed by atoms with Gasteiger partial charge in [0.1, 0.15) is 0 Å². The van der Waals surface area contributed by atoms with Gasteiger partial charge in [-0.05, 0) is 38.5 Å². The fourth-order valence-electron chi connectivity index (χ4n) is 3.48. The van der Waals surface area contributed by atoms with Gasteiger partial charge in [-0.2, -0.15) is 4.31 Å². The lowest BCUT2D eigenvalue weighted by Gasteiger charge is -2.34. The molecule has 0 radical (unpaired) electrons. The summed E-state index contributed by atoms with van der Waals surface area (Å²) in [6, 6.07) is 9.59. The smallest absolute Gasteiger partial charge is 0.273 e. The van der Waals surface area contributed by atoms with Crippen molar-refractivity contribution in [2.75, 3.05) is 26.2 Å². The standard InChI is InChI=1S/C20H23N3O5S/c1-14-4-7-19(16(3)12-14)29(27,28)22-10-8-21(9-11-22)20(24)17-6-5-15(2)18(13-17)23(25)26/h4-7,12-13H,8-11H2,1-3H3. The molecular weight excluding hydrogens is 394 g/mol. The quantitative estimate of drug-likeness (QED) is 0.562. The minimum Gasteiger partial charge on any atom is -0.336 e. The molecule has 8 nitrogen and oxygen atoms in total. The van der Waals surface area contributed by atoms with E-state index in [4.69, 9.17) is 0 Å². The highest BCUT2D eigenvalue weighted by molar-refractivity contribution is 7.89. The van der Waals surface area contributed by atoms with Crippen LogP contribution in [0.3, 0.4) is 0 Å². The maximum atomic E-state index is 13.0. The number of carbonyl (C=O) groups excluding carboxylic acids is 1. The number of hydrogen-bond donors (Lipinski definition) is 0. The van der Waals surface area contributed by atoms with Crippen LogP contribution in [0.5, 0.6) is 0 Å². The van der Waals surface area contributed by atoms with Crippen molar-refractivity contribution in [3.8, 4) is 0 Å². The van der Waals surface area contributed by atoms with Crippen LogP contribution < -0.4 is 0 Å². The summed E-state index contributed by atoms with van der Waals surface area (Å²) in [6.07, 6.45) is 0. The maximum absolute atomic E-state index is 13.0. The lowest BCUT2D eigenvalue weighted by Crippen LogP contribution is -2.50. The Morgan fingerprint density at radius 1 is 0.966 bits per heavy atom. The molecule has 0 spiro atoms. The first-order valence-corrected chi connectivity index (χ1v) is 10.7. The zero-order valence-corrected chi connectivity index (χ0v) is 17.4. The minimum absolute atomic E-state index is 0.105. The first-order chi connectivity index (χ1) is 13.6. The molecule has 1 fully saturated rings. The second kappa shape index (κ2) is 7.92. The van der Waals surface area contributed by atoms with Crippen LogP contribution in [0.2, 0.25) is 0 Å². The van der Waals surface area contributed by atoms with Gasteiger partial charge in [-0.3, -0.25) is 14.9 Å². The van der Waals surface area contributed by atoms with Gasteiger partial charge in [0.15, 0.2) is 0 Å². The van der Waals surface area contributed by atoms with Crippen LogP contribution in [0.4, 0.5) is 5.69 Å². The van der Waals surface area contributed by atoms with Crippen molar-refractivity contribution in [1.82, 2.24) is 9.21 Å². The number of hydrogen-bond acceptors (Lipinski definition) is 5. The molecule has 1 amide bonds. The normalized spacial score (nSPS) is 15.3. The summed E-state index contributed by atoms with van der Waals surface area (Å²) < 4.78 is 27.3. The highest BCUT2D eigenvalue weighted by Crippen LogP contribution is 2.24. The zero-order valence-electron chi connectivity index (χ0n) is 16.6. The molecule has 1 heterocycles. The topological polar surface area (TPSA) is 101 Å². The second-order valence-corrected chi connectivity index (χ2v) is 9.13. The third-order valence-electron chi connectivity index (χ3n) is 5.13. The van der Waals surface area contributed by atoms with Crippen molar-refractivity contribution in [2.24, 2.45) is 0 Å².